The number of rotatable bonds is 4. The van der Waals surface area contributed by atoms with Crippen molar-refractivity contribution in [2.45, 2.75) is 52.5 Å². The summed E-state index contributed by atoms with van der Waals surface area (Å²) in [5, 5.41) is 3.06. The first kappa shape index (κ1) is 19.5. The van der Waals surface area contributed by atoms with Gasteiger partial charge in [-0.1, -0.05) is 12.1 Å². The first-order valence-corrected chi connectivity index (χ1v) is 9.98. The molecule has 2 heterocycles. The summed E-state index contributed by atoms with van der Waals surface area (Å²) in [6.07, 6.45) is 3.82. The number of benzene rings is 1. The molecule has 148 valence electrons. The van der Waals surface area contributed by atoms with Crippen molar-refractivity contribution < 1.29 is 14.3 Å². The minimum Gasteiger partial charge on any atom is -0.483 e. The van der Waals surface area contributed by atoms with Crippen LogP contribution in [-0.4, -0.2) is 60.6 Å². The molecular weight excluding hydrogens is 342 g/mol. The number of carbonyl (C=O) groups excluding carboxylic acids is 2. The Balaban J connectivity index is 1.43. The number of nitrogens with one attached hydrogen (secondary N) is 1. The van der Waals surface area contributed by atoms with Gasteiger partial charge >= 0.3 is 6.03 Å². The molecule has 3 amide bonds. The van der Waals surface area contributed by atoms with E-state index in [0.29, 0.717) is 13.1 Å². The Morgan fingerprint density at radius 2 is 1.59 bits per heavy atom. The minimum atomic E-state index is -0.0976. The normalized spacial score (nSPS) is 17.9. The molecule has 6 nitrogen and oxygen atoms in total. The zero-order valence-electron chi connectivity index (χ0n) is 16.7. The minimum absolute atomic E-state index is 0.0258. The van der Waals surface area contributed by atoms with Crippen molar-refractivity contribution in [1.82, 2.24) is 15.1 Å². The van der Waals surface area contributed by atoms with Gasteiger partial charge in [0.25, 0.3) is 5.91 Å². The van der Waals surface area contributed by atoms with Crippen molar-refractivity contribution in [2.75, 3.05) is 32.8 Å². The molecule has 0 saturated carbocycles. The smallest absolute Gasteiger partial charge is 0.319 e. The molecule has 2 saturated heterocycles. The lowest BCUT2D eigenvalue weighted by atomic mass is 10.1. The van der Waals surface area contributed by atoms with Gasteiger partial charge in [-0.2, -0.15) is 0 Å². The van der Waals surface area contributed by atoms with Crippen LogP contribution in [-0.2, 0) is 4.79 Å². The van der Waals surface area contributed by atoms with Crippen LogP contribution in [0.4, 0.5) is 4.79 Å². The molecule has 0 spiro atoms. The molecular formula is C21H31N3O3. The average Bonchev–Trinajstić information content (AvgIpc) is 3.20. The maximum absolute atomic E-state index is 12.4. The van der Waals surface area contributed by atoms with Gasteiger partial charge in [-0.05, 0) is 63.1 Å². The molecule has 27 heavy (non-hydrogen) atoms. The zero-order valence-corrected chi connectivity index (χ0v) is 16.7. The number of nitrogens with zero attached hydrogens (tertiary/aromatic N) is 2. The second-order valence-electron chi connectivity index (χ2n) is 7.75. The van der Waals surface area contributed by atoms with Crippen LogP contribution in [0.15, 0.2) is 12.1 Å². The maximum Gasteiger partial charge on any atom is 0.319 e. The van der Waals surface area contributed by atoms with Crippen molar-refractivity contribution in [3.05, 3.63) is 28.8 Å². The lowest BCUT2D eigenvalue weighted by Crippen LogP contribution is -2.50. The SMILES string of the molecule is Cc1ccc(C)c(OCC(=O)NC2CCN(C(=O)N3CCCC3)CC2)c1C. The number of amides is 3. The predicted octanol–water partition coefficient (Wildman–Crippen LogP) is 2.79. The number of likely N-dealkylation sites (tertiary alicyclic amines) is 2. The molecule has 0 aromatic heterocycles. The molecule has 0 radical (unpaired) electrons. The maximum atomic E-state index is 12.4. The number of aryl methyl sites for hydroxylation is 2. The molecule has 1 N–H and O–H groups in total. The van der Waals surface area contributed by atoms with E-state index >= 15 is 0 Å². The molecule has 0 bridgehead atoms. The Bertz CT molecular complexity index is 690. The lowest BCUT2D eigenvalue weighted by molar-refractivity contribution is -0.124. The number of hydrogen-bond acceptors (Lipinski definition) is 3. The van der Waals surface area contributed by atoms with Crippen LogP contribution in [0.1, 0.15) is 42.4 Å². The van der Waals surface area contributed by atoms with Gasteiger partial charge in [0.1, 0.15) is 5.75 Å². The summed E-state index contributed by atoms with van der Waals surface area (Å²) >= 11 is 0. The summed E-state index contributed by atoms with van der Waals surface area (Å²) in [4.78, 5) is 28.6. The molecule has 0 atom stereocenters. The van der Waals surface area contributed by atoms with Gasteiger partial charge in [-0.15, -0.1) is 0 Å². The third-order valence-corrected chi connectivity index (χ3v) is 5.73. The summed E-state index contributed by atoms with van der Waals surface area (Å²) in [5.74, 6) is 0.704. The van der Waals surface area contributed by atoms with Crippen LogP contribution in [0.25, 0.3) is 0 Å². The number of carbonyl (C=O) groups is 2. The van der Waals surface area contributed by atoms with Crippen LogP contribution in [0, 0.1) is 20.8 Å². The summed E-state index contributed by atoms with van der Waals surface area (Å²) in [7, 11) is 0. The second-order valence-corrected chi connectivity index (χ2v) is 7.75. The molecule has 2 fully saturated rings. The van der Waals surface area contributed by atoms with Crippen molar-refractivity contribution in [3.8, 4) is 5.75 Å². The topological polar surface area (TPSA) is 61.9 Å². The molecule has 1 aromatic carbocycles. The van der Waals surface area contributed by atoms with Crippen LogP contribution in [0.3, 0.4) is 0 Å². The van der Waals surface area contributed by atoms with E-state index in [0.717, 1.165) is 61.2 Å². The van der Waals surface area contributed by atoms with E-state index in [1.54, 1.807) is 0 Å². The highest BCUT2D eigenvalue weighted by atomic mass is 16.5. The number of hydrogen-bond donors (Lipinski definition) is 1. The van der Waals surface area contributed by atoms with E-state index in [9.17, 15) is 9.59 Å². The molecule has 1 aromatic rings. The summed E-state index contributed by atoms with van der Waals surface area (Å²) in [6, 6.07) is 4.35. The zero-order chi connectivity index (χ0) is 19.4. The lowest BCUT2D eigenvalue weighted by Gasteiger charge is -2.34. The highest BCUT2D eigenvalue weighted by molar-refractivity contribution is 5.78. The summed E-state index contributed by atoms with van der Waals surface area (Å²) in [5.41, 5.74) is 3.28. The Morgan fingerprint density at radius 1 is 1.00 bits per heavy atom. The van der Waals surface area contributed by atoms with Gasteiger partial charge in [0, 0.05) is 32.2 Å². The van der Waals surface area contributed by atoms with Crippen molar-refractivity contribution in [3.63, 3.8) is 0 Å². The molecule has 0 aliphatic carbocycles. The van der Waals surface area contributed by atoms with E-state index in [4.69, 9.17) is 4.74 Å². The largest absolute Gasteiger partial charge is 0.483 e. The first-order valence-electron chi connectivity index (χ1n) is 9.98. The molecule has 6 heteroatoms. The Labute approximate surface area is 161 Å². The monoisotopic (exact) mass is 373 g/mol. The van der Waals surface area contributed by atoms with Gasteiger partial charge in [-0.25, -0.2) is 4.79 Å². The van der Waals surface area contributed by atoms with Crippen LogP contribution >= 0.6 is 0 Å². The third kappa shape index (κ3) is 4.73. The van der Waals surface area contributed by atoms with Gasteiger partial charge in [0.2, 0.25) is 0 Å². The van der Waals surface area contributed by atoms with Crippen LogP contribution in [0.2, 0.25) is 0 Å². The van der Waals surface area contributed by atoms with Crippen molar-refractivity contribution in [2.24, 2.45) is 0 Å². The van der Waals surface area contributed by atoms with E-state index in [1.165, 1.54) is 0 Å². The van der Waals surface area contributed by atoms with E-state index in [-0.39, 0.29) is 24.6 Å². The number of urea groups is 1. The number of ether oxygens (including phenoxy) is 1. The van der Waals surface area contributed by atoms with E-state index in [2.05, 4.69) is 11.4 Å². The first-order chi connectivity index (χ1) is 13.0. The van der Waals surface area contributed by atoms with Gasteiger partial charge < -0.3 is 19.9 Å². The Morgan fingerprint density at radius 3 is 2.26 bits per heavy atom. The van der Waals surface area contributed by atoms with Crippen LogP contribution < -0.4 is 10.1 Å². The molecule has 0 unspecified atom stereocenters. The predicted molar refractivity (Wildman–Crippen MR) is 105 cm³/mol. The molecule has 2 aliphatic rings. The third-order valence-electron chi connectivity index (χ3n) is 5.73. The molecule has 2 aliphatic heterocycles. The van der Waals surface area contributed by atoms with Crippen LogP contribution in [0.5, 0.6) is 5.75 Å². The van der Waals surface area contributed by atoms with E-state index < -0.39 is 0 Å². The van der Waals surface area contributed by atoms with Gasteiger partial charge in [0.05, 0.1) is 0 Å². The number of piperidine rings is 1. The standard InChI is InChI=1S/C21H31N3O3/c1-15-6-7-16(2)20(17(15)3)27-14-19(25)22-18-8-12-24(13-9-18)21(26)23-10-4-5-11-23/h6-7,18H,4-5,8-14H2,1-3H3,(H,22,25). The highest BCUT2D eigenvalue weighted by Gasteiger charge is 2.28. The van der Waals surface area contributed by atoms with Crippen molar-refractivity contribution in [1.29, 1.82) is 0 Å². The Hall–Kier alpha value is -2.24. The Kier molecular flexibility index (Phi) is 6.24. The highest BCUT2D eigenvalue weighted by Crippen LogP contribution is 2.25. The van der Waals surface area contributed by atoms with Gasteiger partial charge in [-0.3, -0.25) is 4.79 Å². The molecule has 3 rings (SSSR count). The fraction of sp³-hybridized carbons (Fsp3) is 0.619. The fourth-order valence-corrected chi connectivity index (χ4v) is 3.88. The fourth-order valence-electron chi connectivity index (χ4n) is 3.88. The summed E-state index contributed by atoms with van der Waals surface area (Å²) in [6.45, 7) is 9.25. The summed E-state index contributed by atoms with van der Waals surface area (Å²) < 4.78 is 5.80. The van der Waals surface area contributed by atoms with Crippen molar-refractivity contribution >= 4 is 11.9 Å². The second kappa shape index (κ2) is 8.63. The van der Waals surface area contributed by atoms with E-state index in [1.807, 2.05) is 36.6 Å². The quantitative estimate of drug-likeness (QED) is 0.883. The average molecular weight is 373 g/mol. The van der Waals surface area contributed by atoms with Gasteiger partial charge in [0.15, 0.2) is 6.61 Å².